The van der Waals surface area contributed by atoms with Gasteiger partial charge in [-0.2, -0.15) is 5.10 Å². The van der Waals surface area contributed by atoms with E-state index in [2.05, 4.69) is 39.9 Å². The SMILES string of the molecule is CCc1nn(CC)c(CSc2nc3ccccc3o2)c1Br. The van der Waals surface area contributed by atoms with Crippen molar-refractivity contribution in [1.29, 1.82) is 0 Å². The molecule has 0 aliphatic rings. The first-order chi connectivity index (χ1) is 10.2. The van der Waals surface area contributed by atoms with E-state index in [0.717, 1.165) is 40.0 Å². The Morgan fingerprint density at radius 3 is 2.81 bits per heavy atom. The van der Waals surface area contributed by atoms with Gasteiger partial charge in [0, 0.05) is 12.3 Å². The molecular weight excluding hydrogens is 350 g/mol. The van der Waals surface area contributed by atoms with Gasteiger partial charge < -0.3 is 4.42 Å². The van der Waals surface area contributed by atoms with E-state index in [1.54, 1.807) is 11.8 Å². The van der Waals surface area contributed by atoms with E-state index in [1.165, 1.54) is 5.69 Å². The van der Waals surface area contributed by atoms with Gasteiger partial charge in [-0.3, -0.25) is 4.68 Å². The minimum atomic E-state index is 0.699. The highest BCUT2D eigenvalue weighted by Gasteiger charge is 2.15. The van der Waals surface area contributed by atoms with E-state index >= 15 is 0 Å². The van der Waals surface area contributed by atoms with Crippen molar-refractivity contribution >= 4 is 38.8 Å². The van der Waals surface area contributed by atoms with Gasteiger partial charge in [0.05, 0.1) is 15.9 Å². The third-order valence-corrected chi connectivity index (χ3v) is 5.06. The highest BCUT2D eigenvalue weighted by atomic mass is 79.9. The van der Waals surface area contributed by atoms with Gasteiger partial charge in [-0.15, -0.1) is 0 Å². The van der Waals surface area contributed by atoms with Crippen LogP contribution in [0.3, 0.4) is 0 Å². The Bertz CT molecular complexity index is 732. The van der Waals surface area contributed by atoms with Gasteiger partial charge in [-0.1, -0.05) is 30.8 Å². The van der Waals surface area contributed by atoms with E-state index in [-0.39, 0.29) is 0 Å². The molecule has 1 aromatic carbocycles. The van der Waals surface area contributed by atoms with Crippen LogP contribution in [0.15, 0.2) is 38.4 Å². The minimum Gasteiger partial charge on any atom is -0.431 e. The van der Waals surface area contributed by atoms with Gasteiger partial charge >= 0.3 is 0 Å². The van der Waals surface area contributed by atoms with E-state index in [9.17, 15) is 0 Å². The van der Waals surface area contributed by atoms with Crippen molar-refractivity contribution in [2.45, 2.75) is 37.8 Å². The predicted octanol–water partition coefficient (Wildman–Crippen LogP) is 4.66. The average molecular weight is 366 g/mol. The lowest BCUT2D eigenvalue weighted by Crippen LogP contribution is -2.01. The number of aryl methyl sites for hydroxylation is 2. The van der Waals surface area contributed by atoms with Gasteiger partial charge in [-0.05, 0) is 41.4 Å². The number of benzene rings is 1. The first kappa shape index (κ1) is 14.7. The minimum absolute atomic E-state index is 0.699. The second-order valence-electron chi connectivity index (χ2n) is 4.61. The molecule has 0 N–H and O–H groups in total. The quantitative estimate of drug-likeness (QED) is 0.616. The summed E-state index contributed by atoms with van der Waals surface area (Å²) in [6, 6.07) is 7.83. The molecule has 6 heteroatoms. The number of halogens is 1. The Hall–Kier alpha value is -1.27. The number of hydrogen-bond donors (Lipinski definition) is 0. The van der Waals surface area contributed by atoms with Crippen molar-refractivity contribution in [1.82, 2.24) is 14.8 Å². The van der Waals surface area contributed by atoms with Gasteiger partial charge in [-0.25, -0.2) is 4.98 Å². The first-order valence-corrected chi connectivity index (χ1v) is 8.73. The Morgan fingerprint density at radius 1 is 1.29 bits per heavy atom. The zero-order chi connectivity index (χ0) is 14.8. The molecule has 4 nitrogen and oxygen atoms in total. The fraction of sp³-hybridized carbons (Fsp3) is 0.333. The molecule has 2 heterocycles. The van der Waals surface area contributed by atoms with Crippen molar-refractivity contribution in [3.63, 3.8) is 0 Å². The van der Waals surface area contributed by atoms with Crippen LogP contribution in [0.2, 0.25) is 0 Å². The number of oxazole rings is 1. The van der Waals surface area contributed by atoms with Crippen LogP contribution in [0.1, 0.15) is 25.2 Å². The molecule has 0 saturated carbocycles. The van der Waals surface area contributed by atoms with Crippen molar-refractivity contribution in [3.05, 3.63) is 40.1 Å². The summed E-state index contributed by atoms with van der Waals surface area (Å²) in [5.41, 5.74) is 4.02. The van der Waals surface area contributed by atoms with Crippen molar-refractivity contribution in [2.75, 3.05) is 0 Å². The standard InChI is InChI=1S/C15H16BrN3OS/c1-3-10-14(16)12(19(4-2)18-10)9-21-15-17-11-7-5-6-8-13(11)20-15/h5-8H,3-4,9H2,1-2H3. The maximum atomic E-state index is 5.74. The molecule has 0 aliphatic heterocycles. The molecule has 0 aliphatic carbocycles. The largest absolute Gasteiger partial charge is 0.431 e. The van der Waals surface area contributed by atoms with Gasteiger partial charge in [0.1, 0.15) is 5.52 Å². The van der Waals surface area contributed by atoms with Gasteiger partial charge in [0.2, 0.25) is 0 Å². The molecule has 0 spiro atoms. The lowest BCUT2D eigenvalue weighted by atomic mass is 10.3. The third-order valence-electron chi connectivity index (χ3n) is 3.30. The molecule has 0 unspecified atom stereocenters. The summed E-state index contributed by atoms with van der Waals surface area (Å²) in [5, 5.41) is 5.31. The Kier molecular flexibility index (Phi) is 4.35. The van der Waals surface area contributed by atoms with E-state index in [1.807, 2.05) is 28.9 Å². The zero-order valence-electron chi connectivity index (χ0n) is 12.0. The number of hydrogen-bond acceptors (Lipinski definition) is 4. The molecule has 0 saturated heterocycles. The molecule has 0 radical (unpaired) electrons. The maximum Gasteiger partial charge on any atom is 0.257 e. The lowest BCUT2D eigenvalue weighted by molar-refractivity contribution is 0.489. The molecule has 0 fully saturated rings. The van der Waals surface area contributed by atoms with Gasteiger partial charge in [0.25, 0.3) is 5.22 Å². The van der Waals surface area contributed by atoms with Crippen LogP contribution in [-0.2, 0) is 18.7 Å². The van der Waals surface area contributed by atoms with Crippen LogP contribution in [0.4, 0.5) is 0 Å². The maximum absolute atomic E-state index is 5.74. The summed E-state index contributed by atoms with van der Waals surface area (Å²) in [5.74, 6) is 0.786. The van der Waals surface area contributed by atoms with E-state index in [0.29, 0.717) is 5.22 Å². The van der Waals surface area contributed by atoms with Gasteiger partial charge in [0.15, 0.2) is 5.58 Å². The molecule has 2 aromatic heterocycles. The van der Waals surface area contributed by atoms with Crippen molar-refractivity contribution in [3.8, 4) is 0 Å². The Balaban J connectivity index is 1.82. The van der Waals surface area contributed by atoms with Crippen molar-refractivity contribution in [2.24, 2.45) is 0 Å². The lowest BCUT2D eigenvalue weighted by Gasteiger charge is -2.03. The third kappa shape index (κ3) is 2.87. The number of nitrogens with zero attached hydrogens (tertiary/aromatic N) is 3. The first-order valence-electron chi connectivity index (χ1n) is 6.95. The molecule has 0 atom stereocenters. The number of para-hydroxylation sites is 2. The average Bonchev–Trinajstić information content (AvgIpc) is 3.05. The molecular formula is C15H16BrN3OS. The smallest absolute Gasteiger partial charge is 0.257 e. The highest BCUT2D eigenvalue weighted by Crippen LogP contribution is 2.30. The molecule has 110 valence electrons. The topological polar surface area (TPSA) is 43.9 Å². The Morgan fingerprint density at radius 2 is 2.10 bits per heavy atom. The second kappa shape index (κ2) is 6.23. The fourth-order valence-electron chi connectivity index (χ4n) is 2.20. The fourth-order valence-corrected chi connectivity index (χ4v) is 3.95. The number of thioether (sulfide) groups is 1. The van der Waals surface area contributed by atoms with Crippen LogP contribution in [0.5, 0.6) is 0 Å². The summed E-state index contributed by atoms with van der Waals surface area (Å²) < 4.78 is 8.89. The molecule has 0 amide bonds. The molecule has 21 heavy (non-hydrogen) atoms. The number of rotatable bonds is 5. The van der Waals surface area contributed by atoms with Crippen LogP contribution in [0.25, 0.3) is 11.1 Å². The highest BCUT2D eigenvalue weighted by molar-refractivity contribution is 9.10. The molecule has 3 aromatic rings. The summed E-state index contributed by atoms with van der Waals surface area (Å²) in [4.78, 5) is 4.49. The van der Waals surface area contributed by atoms with Crippen LogP contribution in [-0.4, -0.2) is 14.8 Å². The summed E-state index contributed by atoms with van der Waals surface area (Å²) in [7, 11) is 0. The number of aromatic nitrogens is 3. The Labute approximate surface area is 136 Å². The predicted molar refractivity (Wildman–Crippen MR) is 88.5 cm³/mol. The summed E-state index contributed by atoms with van der Waals surface area (Å²) in [6.07, 6.45) is 0.925. The van der Waals surface area contributed by atoms with Crippen LogP contribution in [0, 0.1) is 0 Å². The molecule has 0 bridgehead atoms. The van der Waals surface area contributed by atoms with Crippen LogP contribution >= 0.6 is 27.7 Å². The van der Waals surface area contributed by atoms with E-state index in [4.69, 9.17) is 4.42 Å². The van der Waals surface area contributed by atoms with Crippen LogP contribution < -0.4 is 0 Å². The normalized spacial score (nSPS) is 11.4. The monoisotopic (exact) mass is 365 g/mol. The zero-order valence-corrected chi connectivity index (χ0v) is 14.4. The van der Waals surface area contributed by atoms with E-state index < -0.39 is 0 Å². The summed E-state index contributed by atoms with van der Waals surface area (Å²) >= 11 is 5.26. The second-order valence-corrected chi connectivity index (χ2v) is 6.33. The summed E-state index contributed by atoms with van der Waals surface area (Å²) in [6.45, 7) is 5.08. The number of fused-ring (bicyclic) bond motifs is 1. The molecule has 3 rings (SSSR count). The van der Waals surface area contributed by atoms with Crippen molar-refractivity contribution < 1.29 is 4.42 Å².